The third-order valence-electron chi connectivity index (χ3n) is 2.30. The van der Waals surface area contributed by atoms with Gasteiger partial charge in [-0.1, -0.05) is 0 Å². The molecule has 17 heavy (non-hydrogen) atoms. The highest BCUT2D eigenvalue weighted by atomic mass is 19.3. The second-order valence-electron chi connectivity index (χ2n) is 3.53. The molecule has 0 unspecified atom stereocenters. The van der Waals surface area contributed by atoms with Gasteiger partial charge in [-0.05, 0) is 19.4 Å². The summed E-state index contributed by atoms with van der Waals surface area (Å²) in [5.74, 6) is -1.90. The molecule has 0 saturated heterocycles. The number of halogens is 2. The zero-order chi connectivity index (χ0) is 13.2. The number of amides is 1. The number of carbonyl (C=O) groups excluding carboxylic acids is 1. The summed E-state index contributed by atoms with van der Waals surface area (Å²) in [5.41, 5.74) is 0.571. The van der Waals surface area contributed by atoms with Crippen molar-refractivity contribution in [1.82, 2.24) is 10.3 Å². The van der Waals surface area contributed by atoms with Crippen molar-refractivity contribution in [2.24, 2.45) is 0 Å². The molecule has 0 aromatic carbocycles. The average molecular weight is 246 g/mol. The van der Waals surface area contributed by atoms with Gasteiger partial charge >= 0.3 is 5.97 Å². The molecule has 0 aliphatic heterocycles. The Morgan fingerprint density at radius 3 is 2.41 bits per heavy atom. The number of carbonyl (C=O) groups is 2. The van der Waals surface area contributed by atoms with Crippen LogP contribution >= 0.6 is 0 Å². The summed E-state index contributed by atoms with van der Waals surface area (Å²) in [6.07, 6.45) is -2.64. The Hall–Kier alpha value is -1.92. The molecule has 1 heterocycles. The number of carboxylic acids is 1. The summed E-state index contributed by atoms with van der Waals surface area (Å²) in [6, 6.07) is 0. The predicted molar refractivity (Wildman–Crippen MR) is 55.6 cm³/mol. The van der Waals surface area contributed by atoms with Crippen LogP contribution in [0.25, 0.3) is 0 Å². The fourth-order valence-corrected chi connectivity index (χ4v) is 1.56. The van der Waals surface area contributed by atoms with Crippen molar-refractivity contribution in [1.29, 1.82) is 0 Å². The van der Waals surface area contributed by atoms with Crippen LogP contribution in [0.4, 0.5) is 8.78 Å². The van der Waals surface area contributed by atoms with E-state index in [0.29, 0.717) is 5.69 Å². The lowest BCUT2D eigenvalue weighted by Crippen LogP contribution is -2.29. The van der Waals surface area contributed by atoms with Gasteiger partial charge in [0.15, 0.2) is 0 Å². The van der Waals surface area contributed by atoms with E-state index in [1.165, 1.54) is 13.8 Å². The number of aromatic nitrogens is 1. The summed E-state index contributed by atoms with van der Waals surface area (Å²) < 4.78 is 23.9. The smallest absolute Gasteiger partial charge is 0.352 e. The number of H-pyrrole nitrogens is 1. The third-order valence-corrected chi connectivity index (χ3v) is 2.30. The summed E-state index contributed by atoms with van der Waals surface area (Å²) >= 11 is 0. The number of nitrogens with one attached hydrogen (secondary N) is 2. The van der Waals surface area contributed by atoms with Gasteiger partial charge in [0.1, 0.15) is 5.69 Å². The van der Waals surface area contributed by atoms with Crippen molar-refractivity contribution in [2.75, 3.05) is 6.54 Å². The van der Waals surface area contributed by atoms with Crippen molar-refractivity contribution >= 4 is 11.9 Å². The fraction of sp³-hybridized carbons (Fsp3) is 0.400. The molecule has 0 aliphatic rings. The Bertz CT molecular complexity index is 455. The Morgan fingerprint density at radius 1 is 1.41 bits per heavy atom. The number of aromatic amines is 1. The first-order valence-electron chi connectivity index (χ1n) is 4.83. The van der Waals surface area contributed by atoms with Gasteiger partial charge in [-0.3, -0.25) is 4.79 Å². The van der Waals surface area contributed by atoms with Crippen LogP contribution in [-0.2, 0) is 0 Å². The minimum absolute atomic E-state index is 0.100. The zero-order valence-corrected chi connectivity index (χ0v) is 9.30. The van der Waals surface area contributed by atoms with Gasteiger partial charge in [-0.25, -0.2) is 13.6 Å². The van der Waals surface area contributed by atoms with Gasteiger partial charge in [0, 0.05) is 5.69 Å². The number of aryl methyl sites for hydroxylation is 1. The van der Waals surface area contributed by atoms with E-state index >= 15 is 0 Å². The second-order valence-corrected chi connectivity index (χ2v) is 3.53. The van der Waals surface area contributed by atoms with Crippen LogP contribution < -0.4 is 5.32 Å². The van der Waals surface area contributed by atoms with Gasteiger partial charge in [0.2, 0.25) is 0 Å². The van der Waals surface area contributed by atoms with Gasteiger partial charge in [0.05, 0.1) is 12.1 Å². The summed E-state index contributed by atoms with van der Waals surface area (Å²) in [7, 11) is 0. The van der Waals surface area contributed by atoms with E-state index in [2.05, 4.69) is 4.98 Å². The molecule has 0 saturated carbocycles. The van der Waals surface area contributed by atoms with Crippen molar-refractivity contribution < 1.29 is 23.5 Å². The number of alkyl halides is 2. The minimum atomic E-state index is -2.64. The van der Waals surface area contributed by atoms with E-state index in [1.807, 2.05) is 5.32 Å². The van der Waals surface area contributed by atoms with Gasteiger partial charge in [-0.15, -0.1) is 0 Å². The normalized spacial score (nSPS) is 10.6. The molecule has 0 atom stereocenters. The quantitative estimate of drug-likeness (QED) is 0.749. The molecule has 1 aromatic rings. The molecule has 7 heteroatoms. The molecule has 0 spiro atoms. The van der Waals surface area contributed by atoms with E-state index < -0.39 is 24.8 Å². The van der Waals surface area contributed by atoms with E-state index in [1.54, 1.807) is 0 Å². The molecule has 0 radical (unpaired) electrons. The first kappa shape index (κ1) is 13.1. The highest BCUT2D eigenvalue weighted by Crippen LogP contribution is 2.17. The zero-order valence-electron chi connectivity index (χ0n) is 9.30. The Kier molecular flexibility index (Phi) is 3.82. The molecule has 0 fully saturated rings. The van der Waals surface area contributed by atoms with Crippen molar-refractivity contribution in [2.45, 2.75) is 20.3 Å². The lowest BCUT2D eigenvalue weighted by atomic mass is 10.1. The standard InChI is InChI=1S/C10H12F2N2O3/c1-4-7(9(15)13-3-6(11)12)5(2)14-8(4)10(16)17/h6,14H,3H2,1-2H3,(H,13,15)(H,16,17). The van der Waals surface area contributed by atoms with E-state index in [-0.39, 0.29) is 16.8 Å². The van der Waals surface area contributed by atoms with Crippen LogP contribution in [0.3, 0.4) is 0 Å². The predicted octanol–water partition coefficient (Wildman–Crippen LogP) is 1.32. The first-order valence-corrected chi connectivity index (χ1v) is 4.83. The molecule has 0 bridgehead atoms. The van der Waals surface area contributed by atoms with Crippen LogP contribution in [0.5, 0.6) is 0 Å². The molecule has 1 aromatic heterocycles. The highest BCUT2D eigenvalue weighted by Gasteiger charge is 2.21. The number of carboxylic acid groups (broad SMARTS) is 1. The van der Waals surface area contributed by atoms with Crippen LogP contribution in [-0.4, -0.2) is 34.9 Å². The Morgan fingerprint density at radius 2 is 2.00 bits per heavy atom. The van der Waals surface area contributed by atoms with E-state index in [9.17, 15) is 18.4 Å². The van der Waals surface area contributed by atoms with Crippen molar-refractivity contribution in [3.05, 3.63) is 22.5 Å². The Labute approximate surface area is 95.8 Å². The first-order chi connectivity index (χ1) is 7.84. The monoisotopic (exact) mass is 246 g/mol. The van der Waals surface area contributed by atoms with Gasteiger partial charge in [0.25, 0.3) is 12.3 Å². The molecule has 1 rings (SSSR count). The highest BCUT2D eigenvalue weighted by molar-refractivity contribution is 6.00. The molecule has 5 nitrogen and oxygen atoms in total. The number of hydrogen-bond acceptors (Lipinski definition) is 2. The largest absolute Gasteiger partial charge is 0.477 e. The number of aromatic carboxylic acids is 1. The van der Waals surface area contributed by atoms with Crippen LogP contribution in [0.1, 0.15) is 32.1 Å². The van der Waals surface area contributed by atoms with Crippen LogP contribution in [0.15, 0.2) is 0 Å². The summed E-state index contributed by atoms with van der Waals surface area (Å²) in [4.78, 5) is 24.9. The lowest BCUT2D eigenvalue weighted by molar-refractivity contribution is 0.0690. The second kappa shape index (κ2) is 4.94. The summed E-state index contributed by atoms with van der Waals surface area (Å²) in [5, 5.41) is 10.9. The van der Waals surface area contributed by atoms with Crippen LogP contribution in [0.2, 0.25) is 0 Å². The lowest BCUT2D eigenvalue weighted by Gasteiger charge is -2.04. The molecular formula is C10H12F2N2O3. The maximum absolute atomic E-state index is 11.9. The molecule has 0 aliphatic carbocycles. The van der Waals surface area contributed by atoms with Gasteiger partial charge in [-0.2, -0.15) is 0 Å². The van der Waals surface area contributed by atoms with Gasteiger partial charge < -0.3 is 15.4 Å². The SMILES string of the molecule is Cc1[nH]c(C(=O)O)c(C)c1C(=O)NCC(F)F. The maximum Gasteiger partial charge on any atom is 0.352 e. The van der Waals surface area contributed by atoms with Crippen molar-refractivity contribution in [3.8, 4) is 0 Å². The number of rotatable bonds is 4. The Balaban J connectivity index is 2.98. The minimum Gasteiger partial charge on any atom is -0.477 e. The topological polar surface area (TPSA) is 82.2 Å². The molecule has 3 N–H and O–H groups in total. The molecular weight excluding hydrogens is 234 g/mol. The molecule has 1 amide bonds. The van der Waals surface area contributed by atoms with Crippen molar-refractivity contribution in [3.63, 3.8) is 0 Å². The maximum atomic E-state index is 11.9. The summed E-state index contributed by atoms with van der Waals surface area (Å²) in [6.45, 7) is 2.20. The third kappa shape index (κ3) is 2.80. The van der Waals surface area contributed by atoms with E-state index in [4.69, 9.17) is 5.11 Å². The molecule has 94 valence electrons. The fourth-order valence-electron chi connectivity index (χ4n) is 1.56. The van der Waals surface area contributed by atoms with E-state index in [0.717, 1.165) is 0 Å². The average Bonchev–Trinajstić information content (AvgIpc) is 2.51. The van der Waals surface area contributed by atoms with Crippen LogP contribution in [0, 0.1) is 13.8 Å². The number of hydrogen-bond donors (Lipinski definition) is 3.